The minimum Gasteiger partial charge on any atom is -0.465 e. The molecule has 102 valence electrons. The molecule has 0 aromatic heterocycles. The van der Waals surface area contributed by atoms with Gasteiger partial charge in [-0.2, -0.15) is 0 Å². The Morgan fingerprint density at radius 1 is 1.61 bits per heavy atom. The highest BCUT2D eigenvalue weighted by Gasteiger charge is 2.46. The van der Waals surface area contributed by atoms with Crippen molar-refractivity contribution in [1.29, 1.82) is 0 Å². The van der Waals surface area contributed by atoms with Crippen LogP contribution in [-0.4, -0.2) is 45.7 Å². The number of amides is 1. The van der Waals surface area contributed by atoms with Gasteiger partial charge < -0.3 is 14.9 Å². The van der Waals surface area contributed by atoms with Gasteiger partial charge in [0.1, 0.15) is 11.8 Å². The molecule has 0 aromatic carbocycles. The average Bonchev–Trinajstić information content (AvgIpc) is 2.60. The highest BCUT2D eigenvalue weighted by molar-refractivity contribution is 5.67. The van der Waals surface area contributed by atoms with E-state index < -0.39 is 24.0 Å². The van der Waals surface area contributed by atoms with Gasteiger partial charge in [-0.15, -0.1) is 5.92 Å². The van der Waals surface area contributed by atoms with Crippen molar-refractivity contribution in [2.45, 2.75) is 57.9 Å². The first-order chi connectivity index (χ1) is 8.40. The highest BCUT2D eigenvalue weighted by Crippen LogP contribution is 2.28. The first-order valence-electron chi connectivity index (χ1n) is 6.23. The lowest BCUT2D eigenvalue weighted by molar-refractivity contribution is -0.0447. The van der Waals surface area contributed by atoms with Crippen LogP contribution in [-0.2, 0) is 4.74 Å². The van der Waals surface area contributed by atoms with E-state index in [0.29, 0.717) is 0 Å². The Kier molecular flexibility index (Phi) is 5.00. The Balaban J connectivity index is 2.69. The van der Waals surface area contributed by atoms with Gasteiger partial charge in [0.2, 0.25) is 0 Å². The quantitative estimate of drug-likeness (QED) is 0.594. The molecule has 0 saturated carbocycles. The van der Waals surface area contributed by atoms with Crippen LogP contribution in [0.2, 0.25) is 0 Å². The Bertz CT molecular complexity index is 356. The second kappa shape index (κ2) is 6.07. The second-order valence-electron chi connectivity index (χ2n) is 4.85. The van der Waals surface area contributed by atoms with Crippen LogP contribution < -0.4 is 0 Å². The van der Waals surface area contributed by atoms with E-state index in [2.05, 4.69) is 18.8 Å². The molecule has 18 heavy (non-hydrogen) atoms. The maximum Gasteiger partial charge on any atom is 0.410 e. The maximum absolute atomic E-state index is 11.2. The molecule has 1 fully saturated rings. The molecule has 0 spiro atoms. The van der Waals surface area contributed by atoms with E-state index in [9.17, 15) is 9.90 Å². The molecule has 5 heteroatoms. The molecule has 1 saturated heterocycles. The minimum atomic E-state index is -1.10. The molecular formula is C13H21NO4. The van der Waals surface area contributed by atoms with Crippen molar-refractivity contribution < 1.29 is 19.7 Å². The fourth-order valence-corrected chi connectivity index (χ4v) is 1.98. The van der Waals surface area contributed by atoms with E-state index in [4.69, 9.17) is 9.84 Å². The zero-order valence-corrected chi connectivity index (χ0v) is 11.1. The zero-order chi connectivity index (χ0) is 13.8. The summed E-state index contributed by atoms with van der Waals surface area (Å²) < 4.78 is 5.39. The number of hydrogen-bond acceptors (Lipinski definition) is 3. The van der Waals surface area contributed by atoms with E-state index in [-0.39, 0.29) is 6.61 Å². The van der Waals surface area contributed by atoms with Gasteiger partial charge in [-0.3, -0.25) is 4.90 Å². The van der Waals surface area contributed by atoms with Crippen LogP contribution in [0.15, 0.2) is 0 Å². The number of aliphatic hydroxyl groups excluding tert-OH is 1. The number of unbranched alkanes of at least 4 members (excludes halogenated alkanes) is 2. The number of carboxylic acid groups (broad SMARTS) is 1. The zero-order valence-electron chi connectivity index (χ0n) is 11.1. The molecule has 0 aliphatic carbocycles. The molecule has 2 N–H and O–H groups in total. The Labute approximate surface area is 108 Å². The monoisotopic (exact) mass is 255 g/mol. The van der Waals surface area contributed by atoms with E-state index in [1.165, 1.54) is 0 Å². The van der Waals surface area contributed by atoms with Gasteiger partial charge in [-0.25, -0.2) is 4.79 Å². The molecule has 2 atom stereocenters. The standard InChI is InChI=1S/C13H21NO4/c1-4-5-6-7-8-11(15)10-9-18-13(2,3)14(10)12(16)17/h10-11,15H,4-6,9H2,1-3H3,(H,16,17)/t10?,11-/m1/s1. The predicted octanol–water partition coefficient (Wildman–Crippen LogP) is 1.66. The van der Waals surface area contributed by atoms with E-state index in [1.54, 1.807) is 13.8 Å². The number of hydrogen-bond donors (Lipinski definition) is 2. The van der Waals surface area contributed by atoms with Crippen LogP contribution in [0.5, 0.6) is 0 Å². The maximum atomic E-state index is 11.2. The summed E-state index contributed by atoms with van der Waals surface area (Å²) in [5.41, 5.74) is -0.914. The highest BCUT2D eigenvalue weighted by atomic mass is 16.5. The van der Waals surface area contributed by atoms with E-state index in [0.717, 1.165) is 24.2 Å². The summed E-state index contributed by atoms with van der Waals surface area (Å²) in [6, 6.07) is -0.619. The largest absolute Gasteiger partial charge is 0.465 e. The molecule has 0 bridgehead atoms. The third kappa shape index (κ3) is 3.37. The van der Waals surface area contributed by atoms with Crippen LogP contribution >= 0.6 is 0 Å². The van der Waals surface area contributed by atoms with Gasteiger partial charge in [-0.1, -0.05) is 19.3 Å². The Morgan fingerprint density at radius 2 is 2.28 bits per heavy atom. The van der Waals surface area contributed by atoms with Crippen molar-refractivity contribution in [2.24, 2.45) is 0 Å². The first-order valence-corrected chi connectivity index (χ1v) is 6.23. The summed E-state index contributed by atoms with van der Waals surface area (Å²) >= 11 is 0. The fourth-order valence-electron chi connectivity index (χ4n) is 1.98. The third-order valence-electron chi connectivity index (χ3n) is 2.99. The molecule has 0 aromatic rings. The number of carbonyl (C=O) groups is 1. The summed E-state index contributed by atoms with van der Waals surface area (Å²) in [6.45, 7) is 5.57. The van der Waals surface area contributed by atoms with Crippen molar-refractivity contribution in [1.82, 2.24) is 4.90 Å². The van der Waals surface area contributed by atoms with E-state index in [1.807, 2.05) is 0 Å². The van der Waals surface area contributed by atoms with Crippen molar-refractivity contribution in [3.05, 3.63) is 0 Å². The van der Waals surface area contributed by atoms with Crippen LogP contribution in [0.25, 0.3) is 0 Å². The van der Waals surface area contributed by atoms with Gasteiger partial charge in [0.05, 0.1) is 12.6 Å². The molecule has 1 heterocycles. The lowest BCUT2D eigenvalue weighted by Crippen LogP contribution is -2.51. The predicted molar refractivity (Wildman–Crippen MR) is 67.0 cm³/mol. The summed E-state index contributed by atoms with van der Waals surface area (Å²) in [4.78, 5) is 12.3. The van der Waals surface area contributed by atoms with Gasteiger partial charge in [-0.05, 0) is 20.3 Å². The van der Waals surface area contributed by atoms with E-state index >= 15 is 0 Å². The lowest BCUT2D eigenvalue weighted by atomic mass is 10.1. The van der Waals surface area contributed by atoms with Gasteiger partial charge >= 0.3 is 6.09 Å². The minimum absolute atomic E-state index is 0.170. The van der Waals surface area contributed by atoms with Gasteiger partial charge in [0.15, 0.2) is 0 Å². The molecule has 1 amide bonds. The molecular weight excluding hydrogens is 234 g/mol. The van der Waals surface area contributed by atoms with Crippen LogP contribution in [0.3, 0.4) is 0 Å². The summed E-state index contributed by atoms with van der Waals surface area (Å²) in [5, 5.41) is 19.1. The Morgan fingerprint density at radius 3 is 2.83 bits per heavy atom. The Hall–Kier alpha value is -1.25. The number of aliphatic hydroxyl groups is 1. The van der Waals surface area contributed by atoms with Crippen molar-refractivity contribution >= 4 is 6.09 Å². The van der Waals surface area contributed by atoms with Crippen LogP contribution in [0, 0.1) is 11.8 Å². The van der Waals surface area contributed by atoms with Gasteiger partial charge in [0.25, 0.3) is 0 Å². The third-order valence-corrected chi connectivity index (χ3v) is 2.99. The second-order valence-corrected chi connectivity index (χ2v) is 4.85. The first kappa shape index (κ1) is 14.8. The van der Waals surface area contributed by atoms with Crippen LogP contribution in [0.4, 0.5) is 4.79 Å². The summed E-state index contributed by atoms with van der Waals surface area (Å²) in [6.07, 6.45) is 0.648. The molecule has 1 rings (SSSR count). The molecule has 1 aliphatic heterocycles. The van der Waals surface area contributed by atoms with Crippen molar-refractivity contribution in [2.75, 3.05) is 6.61 Å². The van der Waals surface area contributed by atoms with Crippen molar-refractivity contribution in [3.8, 4) is 11.8 Å². The number of nitrogens with zero attached hydrogens (tertiary/aromatic N) is 1. The topological polar surface area (TPSA) is 70.0 Å². The molecule has 0 radical (unpaired) electrons. The molecule has 1 unspecified atom stereocenters. The van der Waals surface area contributed by atoms with Crippen molar-refractivity contribution in [3.63, 3.8) is 0 Å². The van der Waals surface area contributed by atoms with Crippen LogP contribution in [0.1, 0.15) is 40.0 Å². The summed E-state index contributed by atoms with van der Waals surface area (Å²) in [5.74, 6) is 5.58. The fraction of sp³-hybridized carbons (Fsp3) is 0.769. The number of ether oxygens (including phenoxy) is 1. The van der Waals surface area contributed by atoms with Gasteiger partial charge in [0, 0.05) is 6.42 Å². The normalized spacial score (nSPS) is 23.3. The molecule has 1 aliphatic rings. The average molecular weight is 255 g/mol. The summed E-state index contributed by atoms with van der Waals surface area (Å²) in [7, 11) is 0. The SMILES string of the molecule is CCCCC#C[C@@H](O)C1COC(C)(C)N1C(=O)O. The molecule has 5 nitrogen and oxygen atoms in total. The lowest BCUT2D eigenvalue weighted by Gasteiger charge is -2.31. The number of rotatable bonds is 3. The smallest absolute Gasteiger partial charge is 0.410 e.